The predicted octanol–water partition coefficient (Wildman–Crippen LogP) is 5.93. The highest BCUT2D eigenvalue weighted by molar-refractivity contribution is 8.00. The van der Waals surface area contributed by atoms with Crippen molar-refractivity contribution in [2.24, 2.45) is 0 Å². The Hall–Kier alpha value is -1.93. The normalized spacial score (nSPS) is 11.1. The van der Waals surface area contributed by atoms with E-state index in [1.54, 1.807) is 36.4 Å². The van der Waals surface area contributed by atoms with Crippen molar-refractivity contribution < 1.29 is 9.18 Å². The highest BCUT2D eigenvalue weighted by atomic mass is 35.5. The molecule has 0 aliphatic heterocycles. The van der Waals surface area contributed by atoms with Crippen molar-refractivity contribution in [2.75, 3.05) is 5.32 Å². The second-order valence-corrected chi connectivity index (χ2v) is 8.32. The Balaban J connectivity index is 1.54. The molecule has 0 fully saturated rings. The third kappa shape index (κ3) is 6.04. The van der Waals surface area contributed by atoms with E-state index in [9.17, 15) is 9.18 Å². The fourth-order valence-corrected chi connectivity index (χ4v) is 4.18. The van der Waals surface area contributed by atoms with Crippen molar-refractivity contribution in [2.45, 2.75) is 10.1 Å². The molecule has 3 rings (SSSR count). The van der Waals surface area contributed by atoms with Gasteiger partial charge in [-0.25, -0.2) is 4.39 Å². The molecule has 0 spiro atoms. The molecule has 0 aliphatic carbocycles. The minimum atomic E-state index is -0.341. The van der Waals surface area contributed by atoms with E-state index >= 15 is 0 Å². The molecule has 0 saturated heterocycles. The molecule has 0 radical (unpaired) electrons. The van der Waals surface area contributed by atoms with Crippen LogP contribution < -0.4 is 5.32 Å². The number of rotatable bonds is 6. The van der Waals surface area contributed by atoms with Crippen LogP contribution >= 0.6 is 46.3 Å². The molecule has 0 bridgehead atoms. The summed E-state index contributed by atoms with van der Waals surface area (Å²) >= 11 is 14.6. The van der Waals surface area contributed by atoms with Crippen LogP contribution in [0.1, 0.15) is 11.1 Å². The topological polar surface area (TPSA) is 54.9 Å². The van der Waals surface area contributed by atoms with E-state index in [4.69, 9.17) is 23.2 Å². The van der Waals surface area contributed by atoms with Crippen molar-refractivity contribution in [3.05, 3.63) is 75.5 Å². The number of benzene rings is 2. The maximum Gasteiger partial charge on any atom is 0.250 e. The van der Waals surface area contributed by atoms with E-state index in [1.807, 2.05) is 0 Å². The number of nitrogens with one attached hydrogen (secondary N) is 1. The molecule has 0 aliphatic rings. The van der Waals surface area contributed by atoms with Gasteiger partial charge in [-0.1, -0.05) is 64.5 Å². The first kappa shape index (κ1) is 19.8. The monoisotopic (exact) mass is 439 g/mol. The quantitative estimate of drug-likeness (QED) is 0.293. The van der Waals surface area contributed by atoms with Crippen LogP contribution in [0.5, 0.6) is 0 Å². The van der Waals surface area contributed by atoms with E-state index < -0.39 is 0 Å². The SMILES string of the molecule is O=C(C=Cc1ccc(Cl)cc1Cl)Nc1nnc(SCc2ccc(F)cc2)s1. The van der Waals surface area contributed by atoms with E-state index in [0.717, 1.165) is 5.56 Å². The fraction of sp³-hybridized carbons (Fsp3) is 0.0556. The molecule has 27 heavy (non-hydrogen) atoms. The molecule has 0 atom stereocenters. The summed E-state index contributed by atoms with van der Waals surface area (Å²) in [5.41, 5.74) is 1.66. The summed E-state index contributed by atoms with van der Waals surface area (Å²) in [6.07, 6.45) is 2.96. The molecule has 0 unspecified atom stereocenters. The van der Waals surface area contributed by atoms with Crippen molar-refractivity contribution in [3.8, 4) is 0 Å². The van der Waals surface area contributed by atoms with Crippen LogP contribution in [0.2, 0.25) is 10.0 Å². The molecule has 1 aromatic heterocycles. The average Bonchev–Trinajstić information content (AvgIpc) is 3.08. The van der Waals surface area contributed by atoms with Gasteiger partial charge in [-0.2, -0.15) is 0 Å². The van der Waals surface area contributed by atoms with Crippen LogP contribution in [0, 0.1) is 5.82 Å². The number of carbonyl (C=O) groups excluding carboxylic acids is 1. The van der Waals surface area contributed by atoms with Crippen LogP contribution in [-0.4, -0.2) is 16.1 Å². The minimum Gasteiger partial charge on any atom is -0.297 e. The Kier molecular flexibility index (Phi) is 6.84. The zero-order valence-electron chi connectivity index (χ0n) is 13.7. The van der Waals surface area contributed by atoms with Gasteiger partial charge in [0.2, 0.25) is 11.0 Å². The van der Waals surface area contributed by atoms with Crippen LogP contribution in [-0.2, 0) is 10.5 Å². The number of thioether (sulfide) groups is 1. The van der Waals surface area contributed by atoms with Gasteiger partial charge in [0.05, 0.1) is 0 Å². The van der Waals surface area contributed by atoms with Crippen molar-refractivity contribution in [1.82, 2.24) is 10.2 Å². The van der Waals surface area contributed by atoms with Crippen molar-refractivity contribution in [1.29, 1.82) is 0 Å². The third-order valence-electron chi connectivity index (χ3n) is 3.29. The smallest absolute Gasteiger partial charge is 0.250 e. The van der Waals surface area contributed by atoms with Gasteiger partial charge in [0.1, 0.15) is 5.82 Å². The fourth-order valence-electron chi connectivity index (χ4n) is 1.99. The highest BCUT2D eigenvalue weighted by Gasteiger charge is 2.08. The lowest BCUT2D eigenvalue weighted by Gasteiger charge is -1.99. The maximum absolute atomic E-state index is 12.9. The molecule has 1 heterocycles. The number of anilines is 1. The summed E-state index contributed by atoms with van der Waals surface area (Å²) in [7, 11) is 0. The molecule has 138 valence electrons. The Bertz CT molecular complexity index is 977. The van der Waals surface area contributed by atoms with Crippen LogP contribution in [0.15, 0.2) is 52.9 Å². The van der Waals surface area contributed by atoms with Crippen LogP contribution in [0.4, 0.5) is 9.52 Å². The van der Waals surface area contributed by atoms with Gasteiger partial charge in [0.25, 0.3) is 0 Å². The van der Waals surface area contributed by atoms with Gasteiger partial charge in [0, 0.05) is 21.9 Å². The van der Waals surface area contributed by atoms with Gasteiger partial charge in [0.15, 0.2) is 4.34 Å². The Labute approximate surface area is 173 Å². The van der Waals surface area contributed by atoms with Gasteiger partial charge in [-0.05, 0) is 41.5 Å². The van der Waals surface area contributed by atoms with E-state index in [0.29, 0.717) is 30.8 Å². The number of aromatic nitrogens is 2. The Morgan fingerprint density at radius 2 is 1.96 bits per heavy atom. The molecule has 3 aromatic rings. The number of hydrogen-bond donors (Lipinski definition) is 1. The standard InChI is InChI=1S/C18H12Cl2FN3OS2/c19-13-5-3-12(15(20)9-13)4-8-16(25)22-17-23-24-18(27-17)26-10-11-1-6-14(21)7-2-11/h1-9H,10H2,(H,22,23,25). The lowest BCUT2D eigenvalue weighted by Crippen LogP contribution is -2.07. The zero-order valence-corrected chi connectivity index (χ0v) is 16.8. The second kappa shape index (κ2) is 9.32. The predicted molar refractivity (Wildman–Crippen MR) is 110 cm³/mol. The maximum atomic E-state index is 12.9. The Morgan fingerprint density at radius 3 is 2.70 bits per heavy atom. The van der Waals surface area contributed by atoms with Gasteiger partial charge >= 0.3 is 0 Å². The molecule has 1 amide bonds. The summed E-state index contributed by atoms with van der Waals surface area (Å²) in [6, 6.07) is 11.3. The molecule has 4 nitrogen and oxygen atoms in total. The zero-order chi connectivity index (χ0) is 19.2. The van der Waals surface area contributed by atoms with Crippen molar-refractivity contribution in [3.63, 3.8) is 0 Å². The molecule has 9 heteroatoms. The average molecular weight is 440 g/mol. The van der Waals surface area contributed by atoms with E-state index in [-0.39, 0.29) is 11.7 Å². The first-order chi connectivity index (χ1) is 13.0. The molecular weight excluding hydrogens is 428 g/mol. The molecule has 0 saturated carbocycles. The molecule has 2 aromatic carbocycles. The number of halogens is 3. The second-order valence-electron chi connectivity index (χ2n) is 5.28. The highest BCUT2D eigenvalue weighted by Crippen LogP contribution is 2.28. The molecule has 1 N–H and O–H groups in total. The van der Waals surface area contributed by atoms with Crippen LogP contribution in [0.25, 0.3) is 6.08 Å². The lowest BCUT2D eigenvalue weighted by atomic mass is 10.2. The summed E-state index contributed by atoms with van der Waals surface area (Å²) in [5, 5.41) is 12.0. The summed E-state index contributed by atoms with van der Waals surface area (Å²) in [5.74, 6) is 0.0301. The number of hydrogen-bond acceptors (Lipinski definition) is 5. The number of carbonyl (C=O) groups is 1. The van der Waals surface area contributed by atoms with Gasteiger partial charge in [-0.15, -0.1) is 10.2 Å². The summed E-state index contributed by atoms with van der Waals surface area (Å²) in [6.45, 7) is 0. The molecular formula is C18H12Cl2FN3OS2. The lowest BCUT2D eigenvalue weighted by molar-refractivity contribution is -0.111. The summed E-state index contributed by atoms with van der Waals surface area (Å²) in [4.78, 5) is 12.0. The first-order valence-electron chi connectivity index (χ1n) is 7.64. The largest absolute Gasteiger partial charge is 0.297 e. The summed E-state index contributed by atoms with van der Waals surface area (Å²) < 4.78 is 13.6. The van der Waals surface area contributed by atoms with Gasteiger partial charge < -0.3 is 0 Å². The van der Waals surface area contributed by atoms with E-state index in [2.05, 4.69) is 15.5 Å². The Morgan fingerprint density at radius 1 is 1.19 bits per heavy atom. The van der Waals surface area contributed by atoms with E-state index in [1.165, 1.54) is 41.3 Å². The van der Waals surface area contributed by atoms with Gasteiger partial charge in [-0.3, -0.25) is 10.1 Å². The van der Waals surface area contributed by atoms with Crippen LogP contribution in [0.3, 0.4) is 0 Å². The third-order valence-corrected chi connectivity index (χ3v) is 5.89. The number of nitrogens with zero attached hydrogens (tertiary/aromatic N) is 2. The first-order valence-corrected chi connectivity index (χ1v) is 10.2. The number of amides is 1. The van der Waals surface area contributed by atoms with Crippen molar-refractivity contribution >= 4 is 63.4 Å². The minimum absolute atomic E-state index is 0.266.